The third-order valence-corrected chi connectivity index (χ3v) is 3.96. The van der Waals surface area contributed by atoms with Crippen molar-refractivity contribution in [3.05, 3.63) is 29.6 Å². The van der Waals surface area contributed by atoms with Gasteiger partial charge in [-0.15, -0.1) is 0 Å². The van der Waals surface area contributed by atoms with Crippen molar-refractivity contribution in [3.8, 4) is 5.75 Å². The summed E-state index contributed by atoms with van der Waals surface area (Å²) in [5, 5.41) is 12.5. The zero-order valence-corrected chi connectivity index (χ0v) is 11.6. The Bertz CT molecular complexity index is 438. The van der Waals surface area contributed by atoms with Crippen molar-refractivity contribution in [2.24, 2.45) is 0 Å². The summed E-state index contributed by atoms with van der Waals surface area (Å²) in [5.74, 6) is 0.572. The lowest BCUT2D eigenvalue weighted by molar-refractivity contribution is 0.177. The highest BCUT2D eigenvalue weighted by atomic mass is 19.1. The van der Waals surface area contributed by atoms with Gasteiger partial charge in [0, 0.05) is 30.7 Å². The molecule has 1 aromatic carbocycles. The van der Waals surface area contributed by atoms with Gasteiger partial charge in [-0.2, -0.15) is 0 Å². The molecule has 1 aliphatic rings. The number of hydrogen-bond acceptors (Lipinski definition) is 3. The number of benzene rings is 1. The van der Waals surface area contributed by atoms with Crippen LogP contribution in [0.3, 0.4) is 0 Å². The summed E-state index contributed by atoms with van der Waals surface area (Å²) in [5.41, 5.74) is 0.866. The highest BCUT2D eigenvalue weighted by molar-refractivity contribution is 5.37. The van der Waals surface area contributed by atoms with E-state index >= 15 is 0 Å². The molecule has 2 unspecified atom stereocenters. The standard InChI is InChI=1S/C15H22FNO2/c1-3-15(2,6-7-18)17-10-13-9-11-8-12(16)4-5-14(11)19-13/h4-5,8,13,17-18H,3,6-7,9-10H2,1-2H3. The van der Waals surface area contributed by atoms with Crippen molar-refractivity contribution in [2.45, 2.75) is 44.8 Å². The molecule has 1 heterocycles. The molecule has 4 heteroatoms. The molecule has 0 radical (unpaired) electrons. The quantitative estimate of drug-likeness (QED) is 0.831. The largest absolute Gasteiger partial charge is 0.488 e. The molecule has 0 bridgehead atoms. The number of ether oxygens (including phenoxy) is 1. The average molecular weight is 267 g/mol. The first-order valence-corrected chi connectivity index (χ1v) is 6.87. The lowest BCUT2D eigenvalue weighted by atomic mass is 9.94. The third kappa shape index (κ3) is 3.45. The van der Waals surface area contributed by atoms with Crippen LogP contribution in [0.4, 0.5) is 4.39 Å². The van der Waals surface area contributed by atoms with Crippen molar-refractivity contribution in [1.82, 2.24) is 5.32 Å². The number of aliphatic hydroxyl groups is 1. The fourth-order valence-electron chi connectivity index (χ4n) is 2.40. The molecule has 2 N–H and O–H groups in total. The number of aliphatic hydroxyl groups excluding tert-OH is 1. The molecule has 0 amide bonds. The fraction of sp³-hybridized carbons (Fsp3) is 0.600. The van der Waals surface area contributed by atoms with Gasteiger partial charge < -0.3 is 15.2 Å². The molecule has 19 heavy (non-hydrogen) atoms. The van der Waals surface area contributed by atoms with Crippen LogP contribution in [0.15, 0.2) is 18.2 Å². The van der Waals surface area contributed by atoms with E-state index in [-0.39, 0.29) is 24.1 Å². The molecule has 1 aromatic rings. The first-order chi connectivity index (χ1) is 9.06. The predicted octanol–water partition coefficient (Wildman–Crippen LogP) is 2.27. The Balaban J connectivity index is 1.90. The molecule has 0 fully saturated rings. The summed E-state index contributed by atoms with van der Waals surface area (Å²) < 4.78 is 18.9. The van der Waals surface area contributed by atoms with E-state index in [4.69, 9.17) is 9.84 Å². The molecule has 1 aliphatic heterocycles. The topological polar surface area (TPSA) is 41.5 Å². The van der Waals surface area contributed by atoms with E-state index in [0.717, 1.165) is 30.6 Å². The maximum atomic E-state index is 13.1. The summed E-state index contributed by atoms with van der Waals surface area (Å²) >= 11 is 0. The van der Waals surface area contributed by atoms with Crippen molar-refractivity contribution < 1.29 is 14.2 Å². The Labute approximate surface area is 113 Å². The molecule has 0 saturated carbocycles. The van der Waals surface area contributed by atoms with E-state index in [9.17, 15) is 4.39 Å². The molecule has 2 rings (SSSR count). The van der Waals surface area contributed by atoms with Crippen LogP contribution >= 0.6 is 0 Å². The molecule has 3 nitrogen and oxygen atoms in total. The maximum absolute atomic E-state index is 13.1. The van der Waals surface area contributed by atoms with Crippen molar-refractivity contribution in [3.63, 3.8) is 0 Å². The molecular formula is C15H22FNO2. The number of rotatable bonds is 6. The maximum Gasteiger partial charge on any atom is 0.123 e. The number of hydrogen-bond donors (Lipinski definition) is 2. The van der Waals surface area contributed by atoms with Crippen LogP contribution < -0.4 is 10.1 Å². The molecule has 2 atom stereocenters. The second kappa shape index (κ2) is 5.88. The summed E-state index contributed by atoms with van der Waals surface area (Å²) in [6, 6.07) is 4.66. The molecule has 0 aromatic heterocycles. The van der Waals surface area contributed by atoms with E-state index in [1.54, 1.807) is 12.1 Å². The van der Waals surface area contributed by atoms with Crippen LogP contribution in [0.5, 0.6) is 5.75 Å². The molecular weight excluding hydrogens is 245 g/mol. The third-order valence-electron chi connectivity index (χ3n) is 3.96. The number of halogens is 1. The summed E-state index contributed by atoms with van der Waals surface area (Å²) in [4.78, 5) is 0. The van der Waals surface area contributed by atoms with Crippen molar-refractivity contribution >= 4 is 0 Å². The Morgan fingerprint density at radius 1 is 1.53 bits per heavy atom. The lowest BCUT2D eigenvalue weighted by Gasteiger charge is -2.30. The summed E-state index contributed by atoms with van der Waals surface area (Å²) in [6.45, 7) is 5.09. The SMILES string of the molecule is CCC(C)(CCO)NCC1Cc2cc(F)ccc2O1. The van der Waals surface area contributed by atoms with Crippen molar-refractivity contribution in [1.29, 1.82) is 0 Å². The van der Waals surface area contributed by atoms with E-state index in [1.807, 2.05) is 0 Å². The van der Waals surface area contributed by atoms with E-state index < -0.39 is 0 Å². The Hall–Kier alpha value is -1.13. The van der Waals surface area contributed by atoms with Crippen molar-refractivity contribution in [2.75, 3.05) is 13.2 Å². The van der Waals surface area contributed by atoms with Gasteiger partial charge in [-0.3, -0.25) is 0 Å². The fourth-order valence-corrected chi connectivity index (χ4v) is 2.40. The zero-order valence-electron chi connectivity index (χ0n) is 11.6. The highest BCUT2D eigenvalue weighted by Gasteiger charge is 2.27. The Kier molecular flexibility index (Phi) is 4.42. The first kappa shape index (κ1) is 14.3. The zero-order chi connectivity index (χ0) is 13.9. The average Bonchev–Trinajstić information content (AvgIpc) is 2.79. The second-order valence-corrected chi connectivity index (χ2v) is 5.46. The van der Waals surface area contributed by atoms with Gasteiger partial charge in [0.1, 0.15) is 17.7 Å². The number of fused-ring (bicyclic) bond motifs is 1. The second-order valence-electron chi connectivity index (χ2n) is 5.46. The molecule has 0 saturated heterocycles. The molecule has 0 aliphatic carbocycles. The van der Waals surface area contributed by atoms with Crippen LogP contribution in [0.1, 0.15) is 32.3 Å². The van der Waals surface area contributed by atoms with E-state index in [2.05, 4.69) is 19.2 Å². The molecule has 0 spiro atoms. The van der Waals surface area contributed by atoms with Crippen LogP contribution in [-0.2, 0) is 6.42 Å². The minimum Gasteiger partial charge on any atom is -0.488 e. The van der Waals surface area contributed by atoms with Gasteiger partial charge in [-0.25, -0.2) is 4.39 Å². The van der Waals surface area contributed by atoms with Crippen LogP contribution in [0, 0.1) is 5.82 Å². The molecule has 106 valence electrons. The van der Waals surface area contributed by atoms with Gasteiger partial charge in [0.2, 0.25) is 0 Å². The minimum absolute atomic E-state index is 0.0429. The Morgan fingerprint density at radius 2 is 2.32 bits per heavy atom. The van der Waals surface area contributed by atoms with E-state index in [1.165, 1.54) is 6.07 Å². The van der Waals surface area contributed by atoms with Gasteiger partial charge in [0.15, 0.2) is 0 Å². The van der Waals surface area contributed by atoms with Gasteiger partial charge in [0.25, 0.3) is 0 Å². The predicted molar refractivity (Wildman–Crippen MR) is 72.9 cm³/mol. The summed E-state index contributed by atoms with van der Waals surface area (Å²) in [7, 11) is 0. The monoisotopic (exact) mass is 267 g/mol. The van der Waals surface area contributed by atoms with Gasteiger partial charge >= 0.3 is 0 Å². The first-order valence-electron chi connectivity index (χ1n) is 6.87. The van der Waals surface area contributed by atoms with Crippen LogP contribution in [0.2, 0.25) is 0 Å². The number of nitrogens with one attached hydrogen (secondary N) is 1. The highest BCUT2D eigenvalue weighted by Crippen LogP contribution is 2.29. The van der Waals surface area contributed by atoms with Gasteiger partial charge in [0.05, 0.1) is 0 Å². The minimum atomic E-state index is -0.213. The van der Waals surface area contributed by atoms with E-state index in [0.29, 0.717) is 6.54 Å². The Morgan fingerprint density at radius 3 is 3.00 bits per heavy atom. The van der Waals surface area contributed by atoms with Gasteiger partial charge in [-0.05, 0) is 38.0 Å². The summed E-state index contributed by atoms with van der Waals surface area (Å²) in [6.07, 6.45) is 2.44. The lowest BCUT2D eigenvalue weighted by Crippen LogP contribution is -2.46. The van der Waals surface area contributed by atoms with Crippen LogP contribution in [0.25, 0.3) is 0 Å². The van der Waals surface area contributed by atoms with Crippen LogP contribution in [-0.4, -0.2) is 29.9 Å². The van der Waals surface area contributed by atoms with Gasteiger partial charge in [-0.1, -0.05) is 6.92 Å². The normalized spacial score (nSPS) is 20.7. The smallest absolute Gasteiger partial charge is 0.123 e.